The molecule has 0 aliphatic rings. The number of hydrogen-bond acceptors (Lipinski definition) is 4. The highest BCUT2D eigenvalue weighted by molar-refractivity contribution is 7.21. The van der Waals surface area contributed by atoms with Crippen molar-refractivity contribution < 1.29 is 0 Å². The Balaban J connectivity index is 1.31. The first kappa shape index (κ1) is 22.4. The minimum absolute atomic E-state index is 0.970. The van der Waals surface area contributed by atoms with Crippen LogP contribution >= 0.6 is 22.7 Å². The predicted molar refractivity (Wildman–Crippen MR) is 166 cm³/mol. The van der Waals surface area contributed by atoms with Crippen molar-refractivity contribution >= 4 is 54.7 Å². The lowest BCUT2D eigenvalue weighted by atomic mass is 10.1. The Kier molecular flexibility index (Phi) is 5.18. The lowest BCUT2D eigenvalue weighted by Gasteiger charge is -2.10. The number of rotatable bonds is 4. The van der Waals surface area contributed by atoms with Crippen LogP contribution in [0.5, 0.6) is 0 Å². The van der Waals surface area contributed by atoms with Crippen molar-refractivity contribution in [2.75, 3.05) is 0 Å². The van der Waals surface area contributed by atoms with E-state index in [2.05, 4.69) is 117 Å². The van der Waals surface area contributed by atoms with E-state index < -0.39 is 0 Å². The first-order chi connectivity index (χ1) is 19.3. The van der Waals surface area contributed by atoms with Gasteiger partial charge in [-0.3, -0.25) is 4.98 Å². The summed E-state index contributed by atoms with van der Waals surface area (Å²) in [5, 5.41) is 7.81. The minimum Gasteiger partial charge on any atom is -0.309 e. The Labute approximate surface area is 233 Å². The molecule has 5 heteroatoms. The van der Waals surface area contributed by atoms with E-state index in [4.69, 9.17) is 4.98 Å². The van der Waals surface area contributed by atoms with Gasteiger partial charge in [-0.15, -0.1) is 11.3 Å². The summed E-state index contributed by atoms with van der Waals surface area (Å²) in [5.41, 5.74) is 10.2. The highest BCUT2D eigenvalue weighted by Crippen LogP contribution is 2.38. The fourth-order valence-electron chi connectivity index (χ4n) is 5.38. The van der Waals surface area contributed by atoms with Gasteiger partial charge in [0.15, 0.2) is 0 Å². The average molecular weight is 536 g/mol. The number of fused-ring (bicyclic) bond motifs is 4. The zero-order valence-electron chi connectivity index (χ0n) is 20.8. The molecule has 0 amide bonds. The zero-order valence-corrected chi connectivity index (χ0v) is 22.4. The summed E-state index contributed by atoms with van der Waals surface area (Å²) in [6, 6.07) is 38.8. The van der Waals surface area contributed by atoms with Gasteiger partial charge in [0, 0.05) is 33.8 Å². The lowest BCUT2D eigenvalue weighted by molar-refractivity contribution is 1.18. The van der Waals surface area contributed by atoms with E-state index in [1.807, 2.05) is 18.3 Å². The first-order valence-corrected chi connectivity index (χ1v) is 14.6. The van der Waals surface area contributed by atoms with E-state index in [-0.39, 0.29) is 0 Å². The molecule has 0 fully saturated rings. The van der Waals surface area contributed by atoms with Gasteiger partial charge >= 0.3 is 0 Å². The average Bonchev–Trinajstić information content (AvgIpc) is 3.75. The number of thiazole rings is 1. The molecule has 0 saturated heterocycles. The SMILES string of the molecule is c1ccc(-c2cccc(-n3c4ccccc4c4ccc(-c5nc6cc(-c7ccsc7)ccc6s5)cc43)c2)nc1. The zero-order chi connectivity index (χ0) is 25.8. The van der Waals surface area contributed by atoms with E-state index in [9.17, 15) is 0 Å². The van der Waals surface area contributed by atoms with Crippen molar-refractivity contribution in [3.63, 3.8) is 0 Å². The Morgan fingerprint density at radius 2 is 1.51 bits per heavy atom. The molecule has 0 aliphatic carbocycles. The lowest BCUT2D eigenvalue weighted by Crippen LogP contribution is -1.95. The van der Waals surface area contributed by atoms with Crippen LogP contribution < -0.4 is 0 Å². The van der Waals surface area contributed by atoms with Crippen LogP contribution in [0.1, 0.15) is 0 Å². The monoisotopic (exact) mass is 535 g/mol. The Morgan fingerprint density at radius 3 is 2.41 bits per heavy atom. The van der Waals surface area contributed by atoms with E-state index in [0.717, 1.165) is 33.0 Å². The number of pyridine rings is 1. The van der Waals surface area contributed by atoms with E-state index in [1.165, 1.54) is 37.6 Å². The molecule has 0 atom stereocenters. The van der Waals surface area contributed by atoms with Gasteiger partial charge in [0.2, 0.25) is 0 Å². The minimum atomic E-state index is 0.970. The number of para-hydroxylation sites is 1. The molecule has 0 aliphatic heterocycles. The van der Waals surface area contributed by atoms with Gasteiger partial charge in [0.05, 0.1) is 26.9 Å². The maximum Gasteiger partial charge on any atom is 0.124 e. The smallest absolute Gasteiger partial charge is 0.124 e. The molecule has 0 bridgehead atoms. The summed E-state index contributed by atoms with van der Waals surface area (Å²) in [4.78, 5) is 9.65. The second-order valence-corrected chi connectivity index (χ2v) is 11.4. The van der Waals surface area contributed by atoms with Crippen molar-refractivity contribution in [3.8, 4) is 38.6 Å². The first-order valence-electron chi connectivity index (χ1n) is 12.8. The molecule has 4 aromatic carbocycles. The van der Waals surface area contributed by atoms with Crippen molar-refractivity contribution in [1.29, 1.82) is 0 Å². The molecule has 8 aromatic rings. The predicted octanol–water partition coefficient (Wildman–Crippen LogP) is 9.85. The van der Waals surface area contributed by atoms with Gasteiger partial charge in [0.25, 0.3) is 0 Å². The molecular formula is C34H21N3S2. The van der Waals surface area contributed by atoms with Gasteiger partial charge in [-0.25, -0.2) is 4.98 Å². The van der Waals surface area contributed by atoms with Gasteiger partial charge in [-0.1, -0.05) is 54.6 Å². The number of aromatic nitrogens is 3. The Bertz CT molecular complexity index is 2120. The van der Waals surface area contributed by atoms with Crippen LogP contribution in [0.2, 0.25) is 0 Å². The maximum atomic E-state index is 5.07. The van der Waals surface area contributed by atoms with Gasteiger partial charge in [-0.2, -0.15) is 11.3 Å². The molecule has 8 rings (SSSR count). The molecule has 0 saturated carbocycles. The number of hydrogen-bond donors (Lipinski definition) is 0. The van der Waals surface area contributed by atoms with Crippen LogP contribution in [0.25, 0.3) is 70.7 Å². The molecule has 39 heavy (non-hydrogen) atoms. The maximum absolute atomic E-state index is 5.07. The molecule has 0 radical (unpaired) electrons. The van der Waals surface area contributed by atoms with Gasteiger partial charge < -0.3 is 4.57 Å². The molecule has 4 aromatic heterocycles. The Morgan fingerprint density at radius 1 is 0.615 bits per heavy atom. The second kappa shape index (κ2) is 9.02. The molecule has 0 unspecified atom stereocenters. The quantitative estimate of drug-likeness (QED) is 0.224. The molecular weight excluding hydrogens is 515 g/mol. The summed E-state index contributed by atoms with van der Waals surface area (Å²) in [6.07, 6.45) is 1.84. The second-order valence-electron chi connectivity index (χ2n) is 9.56. The third kappa shape index (κ3) is 3.78. The fourth-order valence-corrected chi connectivity index (χ4v) is 6.99. The third-order valence-corrected chi connectivity index (χ3v) is 9.00. The molecule has 3 nitrogen and oxygen atoms in total. The summed E-state index contributed by atoms with van der Waals surface area (Å²) in [6.45, 7) is 0. The Hall–Kier alpha value is -4.58. The molecule has 4 heterocycles. The molecule has 0 N–H and O–H groups in total. The summed E-state index contributed by atoms with van der Waals surface area (Å²) in [5.74, 6) is 0. The van der Waals surface area contributed by atoms with E-state index >= 15 is 0 Å². The van der Waals surface area contributed by atoms with Gasteiger partial charge in [0.1, 0.15) is 5.01 Å². The van der Waals surface area contributed by atoms with Crippen molar-refractivity contribution in [2.45, 2.75) is 0 Å². The van der Waals surface area contributed by atoms with Crippen molar-refractivity contribution in [2.24, 2.45) is 0 Å². The number of thiophene rings is 1. The van der Waals surface area contributed by atoms with Crippen LogP contribution in [0.3, 0.4) is 0 Å². The van der Waals surface area contributed by atoms with E-state index in [0.29, 0.717) is 0 Å². The molecule has 0 spiro atoms. The van der Waals surface area contributed by atoms with Crippen LogP contribution in [0, 0.1) is 0 Å². The van der Waals surface area contributed by atoms with Crippen LogP contribution in [-0.2, 0) is 0 Å². The standard InChI is InChI=1S/C34H21N3S2/c1-2-10-31-27(8-1)28-13-11-24(34-36-30-19-22(12-14-33(30)39-34)25-15-17-38-21-25)20-32(28)37(31)26-7-5-6-23(18-26)29-9-3-4-16-35-29/h1-21H. The highest BCUT2D eigenvalue weighted by atomic mass is 32.1. The van der Waals surface area contributed by atoms with Crippen LogP contribution in [0.4, 0.5) is 0 Å². The number of benzene rings is 4. The summed E-state index contributed by atoms with van der Waals surface area (Å²) in [7, 11) is 0. The summed E-state index contributed by atoms with van der Waals surface area (Å²) < 4.78 is 3.57. The largest absolute Gasteiger partial charge is 0.309 e. The van der Waals surface area contributed by atoms with Crippen LogP contribution in [-0.4, -0.2) is 14.5 Å². The van der Waals surface area contributed by atoms with Crippen LogP contribution in [0.15, 0.2) is 126 Å². The topological polar surface area (TPSA) is 30.7 Å². The normalized spacial score (nSPS) is 11.6. The van der Waals surface area contributed by atoms with Crippen molar-refractivity contribution in [1.82, 2.24) is 14.5 Å². The highest BCUT2D eigenvalue weighted by Gasteiger charge is 2.15. The number of nitrogens with zero attached hydrogens (tertiary/aromatic N) is 3. The van der Waals surface area contributed by atoms with Gasteiger partial charge in [-0.05, 0) is 76.5 Å². The van der Waals surface area contributed by atoms with Crippen molar-refractivity contribution in [3.05, 3.63) is 126 Å². The van der Waals surface area contributed by atoms with E-state index in [1.54, 1.807) is 22.7 Å². The molecule has 184 valence electrons. The summed E-state index contributed by atoms with van der Waals surface area (Å²) >= 11 is 3.47. The fraction of sp³-hybridized carbons (Fsp3) is 0. The third-order valence-electron chi connectivity index (χ3n) is 7.23.